The third-order valence-electron chi connectivity index (χ3n) is 4.25. The molecule has 2 N–H and O–H groups in total. The Morgan fingerprint density at radius 1 is 1.41 bits per heavy atom. The van der Waals surface area contributed by atoms with E-state index in [0.29, 0.717) is 12.1 Å². The second-order valence-corrected chi connectivity index (χ2v) is 5.95. The van der Waals surface area contributed by atoms with Gasteiger partial charge in [-0.1, -0.05) is 12.8 Å². The normalized spacial score (nSPS) is 16.6. The number of nitrogens with one attached hydrogen (secondary N) is 1. The molecule has 1 saturated carbocycles. The Labute approximate surface area is 129 Å². The van der Waals surface area contributed by atoms with Crippen LogP contribution in [0.1, 0.15) is 41.6 Å². The van der Waals surface area contributed by atoms with Crippen molar-refractivity contribution in [3.05, 3.63) is 42.0 Å². The number of hydrogen-bond donors (Lipinski definition) is 2. The molecule has 1 aromatic carbocycles. The fourth-order valence-corrected chi connectivity index (χ4v) is 2.94. The van der Waals surface area contributed by atoms with E-state index in [4.69, 9.17) is 0 Å². The Hall–Kier alpha value is -2.21. The van der Waals surface area contributed by atoms with Gasteiger partial charge in [0.05, 0.1) is 11.3 Å². The lowest BCUT2D eigenvalue weighted by atomic mass is 10.0. The summed E-state index contributed by atoms with van der Waals surface area (Å²) in [5.74, 6) is -0.150. The van der Waals surface area contributed by atoms with Gasteiger partial charge in [0, 0.05) is 12.1 Å². The molecule has 1 aromatic heterocycles. The predicted molar refractivity (Wildman–Crippen MR) is 81.8 cm³/mol. The first-order valence-corrected chi connectivity index (χ1v) is 7.54. The summed E-state index contributed by atoms with van der Waals surface area (Å²) in [5, 5.41) is 17.2. The summed E-state index contributed by atoms with van der Waals surface area (Å²) < 4.78 is 1.65. The van der Waals surface area contributed by atoms with Crippen LogP contribution in [0.2, 0.25) is 0 Å². The zero-order valence-corrected chi connectivity index (χ0v) is 12.6. The van der Waals surface area contributed by atoms with Gasteiger partial charge in [0.25, 0.3) is 5.91 Å². The van der Waals surface area contributed by atoms with Crippen LogP contribution in [0, 0.1) is 6.92 Å². The molecule has 0 saturated heterocycles. The molecule has 0 atom stereocenters. The van der Waals surface area contributed by atoms with Gasteiger partial charge in [-0.05, 0) is 43.5 Å². The lowest BCUT2D eigenvalue weighted by Crippen LogP contribution is -2.40. The number of aromatic nitrogens is 3. The second kappa shape index (κ2) is 5.88. The molecule has 1 fully saturated rings. The van der Waals surface area contributed by atoms with Crippen molar-refractivity contribution in [2.45, 2.75) is 38.2 Å². The standard InChI is InChI=1S/C16H20N4O2/c1-12-8-13(20-11-17-10-19-20)4-5-14(12)15(21)18-9-16(22)6-2-3-7-16/h4-5,8,10-11,22H,2-3,6-7,9H2,1H3,(H,18,21). The van der Waals surface area contributed by atoms with Crippen LogP contribution >= 0.6 is 0 Å². The highest BCUT2D eigenvalue weighted by Gasteiger charge is 2.31. The van der Waals surface area contributed by atoms with Gasteiger partial charge in [-0.15, -0.1) is 0 Å². The van der Waals surface area contributed by atoms with Gasteiger partial charge in [-0.25, -0.2) is 9.67 Å². The fourth-order valence-electron chi connectivity index (χ4n) is 2.94. The van der Waals surface area contributed by atoms with Crippen LogP contribution in [-0.4, -0.2) is 37.9 Å². The molecule has 22 heavy (non-hydrogen) atoms. The maximum atomic E-state index is 12.3. The highest BCUT2D eigenvalue weighted by molar-refractivity contribution is 5.95. The van der Waals surface area contributed by atoms with E-state index >= 15 is 0 Å². The maximum absolute atomic E-state index is 12.3. The number of nitrogens with zero attached hydrogens (tertiary/aromatic N) is 3. The van der Waals surface area contributed by atoms with Gasteiger partial charge in [0.2, 0.25) is 0 Å². The Morgan fingerprint density at radius 3 is 2.82 bits per heavy atom. The van der Waals surface area contributed by atoms with Crippen molar-refractivity contribution in [2.75, 3.05) is 6.54 Å². The van der Waals surface area contributed by atoms with E-state index in [1.54, 1.807) is 17.1 Å². The number of hydrogen-bond acceptors (Lipinski definition) is 4. The smallest absolute Gasteiger partial charge is 0.251 e. The number of amides is 1. The van der Waals surface area contributed by atoms with Crippen LogP contribution in [0.15, 0.2) is 30.9 Å². The summed E-state index contributed by atoms with van der Waals surface area (Å²) in [4.78, 5) is 16.2. The highest BCUT2D eigenvalue weighted by Crippen LogP contribution is 2.28. The first-order chi connectivity index (χ1) is 10.6. The molecule has 0 bridgehead atoms. The first-order valence-electron chi connectivity index (χ1n) is 7.54. The topological polar surface area (TPSA) is 80.0 Å². The molecule has 1 heterocycles. The average Bonchev–Trinajstić information content (AvgIpc) is 3.17. The molecule has 1 amide bonds. The van der Waals surface area contributed by atoms with E-state index in [0.717, 1.165) is 36.9 Å². The summed E-state index contributed by atoms with van der Waals surface area (Å²) in [6, 6.07) is 5.51. The van der Waals surface area contributed by atoms with Gasteiger partial charge in [-0.2, -0.15) is 5.10 Å². The minimum Gasteiger partial charge on any atom is -0.388 e. The third-order valence-corrected chi connectivity index (χ3v) is 4.25. The van der Waals surface area contributed by atoms with E-state index in [-0.39, 0.29) is 5.91 Å². The molecular formula is C16H20N4O2. The van der Waals surface area contributed by atoms with Crippen molar-refractivity contribution in [1.29, 1.82) is 0 Å². The molecule has 0 unspecified atom stereocenters. The van der Waals surface area contributed by atoms with Crippen molar-refractivity contribution in [3.8, 4) is 5.69 Å². The van der Waals surface area contributed by atoms with Crippen LogP contribution in [0.25, 0.3) is 5.69 Å². The van der Waals surface area contributed by atoms with E-state index in [9.17, 15) is 9.90 Å². The van der Waals surface area contributed by atoms with Crippen molar-refractivity contribution in [3.63, 3.8) is 0 Å². The molecule has 6 nitrogen and oxygen atoms in total. The van der Waals surface area contributed by atoms with E-state index < -0.39 is 5.60 Å². The largest absolute Gasteiger partial charge is 0.388 e. The lowest BCUT2D eigenvalue weighted by Gasteiger charge is -2.22. The molecule has 0 radical (unpaired) electrons. The van der Waals surface area contributed by atoms with Gasteiger partial charge >= 0.3 is 0 Å². The molecule has 1 aliphatic carbocycles. The van der Waals surface area contributed by atoms with Crippen molar-refractivity contribution in [1.82, 2.24) is 20.1 Å². The number of benzene rings is 1. The van der Waals surface area contributed by atoms with E-state index in [2.05, 4.69) is 15.4 Å². The number of aliphatic hydroxyl groups is 1. The Balaban J connectivity index is 1.70. The lowest BCUT2D eigenvalue weighted by molar-refractivity contribution is 0.0449. The average molecular weight is 300 g/mol. The quantitative estimate of drug-likeness (QED) is 0.899. The van der Waals surface area contributed by atoms with Crippen molar-refractivity contribution < 1.29 is 9.90 Å². The summed E-state index contributed by atoms with van der Waals surface area (Å²) in [6.45, 7) is 2.20. The van der Waals surface area contributed by atoms with Crippen LogP contribution < -0.4 is 5.32 Å². The zero-order chi connectivity index (χ0) is 15.6. The number of aryl methyl sites for hydroxylation is 1. The van der Waals surface area contributed by atoms with Crippen LogP contribution in [-0.2, 0) is 0 Å². The minimum absolute atomic E-state index is 0.150. The molecule has 6 heteroatoms. The molecule has 3 rings (SSSR count). The Morgan fingerprint density at radius 2 is 2.18 bits per heavy atom. The van der Waals surface area contributed by atoms with Gasteiger partial charge in [0.15, 0.2) is 0 Å². The molecule has 1 aliphatic rings. The number of rotatable bonds is 4. The van der Waals surface area contributed by atoms with Crippen molar-refractivity contribution >= 4 is 5.91 Å². The van der Waals surface area contributed by atoms with Crippen molar-refractivity contribution in [2.24, 2.45) is 0 Å². The van der Waals surface area contributed by atoms with Crippen LogP contribution in [0.5, 0.6) is 0 Å². The summed E-state index contributed by atoms with van der Waals surface area (Å²) in [5.41, 5.74) is 1.61. The highest BCUT2D eigenvalue weighted by atomic mass is 16.3. The Bertz CT molecular complexity index is 661. The van der Waals surface area contributed by atoms with E-state index in [1.807, 2.05) is 19.1 Å². The summed E-state index contributed by atoms with van der Waals surface area (Å²) in [6.07, 6.45) is 6.66. The van der Waals surface area contributed by atoms with Gasteiger partial charge < -0.3 is 10.4 Å². The van der Waals surface area contributed by atoms with E-state index in [1.165, 1.54) is 6.33 Å². The fraction of sp³-hybridized carbons (Fsp3) is 0.438. The zero-order valence-electron chi connectivity index (χ0n) is 12.6. The third kappa shape index (κ3) is 3.01. The monoisotopic (exact) mass is 300 g/mol. The molecule has 0 spiro atoms. The van der Waals surface area contributed by atoms with Crippen LogP contribution in [0.3, 0.4) is 0 Å². The summed E-state index contributed by atoms with van der Waals surface area (Å²) in [7, 11) is 0. The maximum Gasteiger partial charge on any atom is 0.251 e. The van der Waals surface area contributed by atoms with Gasteiger partial charge in [-0.3, -0.25) is 4.79 Å². The number of carbonyl (C=O) groups excluding carboxylic acids is 1. The number of carbonyl (C=O) groups is 1. The molecule has 116 valence electrons. The predicted octanol–water partition coefficient (Wildman–Crippen LogP) is 1.61. The SMILES string of the molecule is Cc1cc(-n2cncn2)ccc1C(=O)NCC1(O)CCCC1. The second-order valence-electron chi connectivity index (χ2n) is 5.95. The van der Waals surface area contributed by atoms with Gasteiger partial charge in [0.1, 0.15) is 12.7 Å². The molecule has 0 aliphatic heterocycles. The minimum atomic E-state index is -0.732. The van der Waals surface area contributed by atoms with Crippen LogP contribution in [0.4, 0.5) is 0 Å². The molecular weight excluding hydrogens is 280 g/mol. The summed E-state index contributed by atoms with van der Waals surface area (Å²) >= 11 is 0. The molecule has 2 aromatic rings. The Kier molecular flexibility index (Phi) is 3.94. The first kappa shape index (κ1) is 14.7.